The molecule has 0 aliphatic rings. The minimum absolute atomic E-state index is 0.335. The highest BCUT2D eigenvalue weighted by Crippen LogP contribution is 2.27. The summed E-state index contributed by atoms with van der Waals surface area (Å²) < 4.78 is 1.89. The maximum absolute atomic E-state index is 4.25. The lowest BCUT2D eigenvalue weighted by Crippen LogP contribution is -2.37. The van der Waals surface area contributed by atoms with E-state index in [1.54, 1.807) is 0 Å². The van der Waals surface area contributed by atoms with Gasteiger partial charge in [-0.05, 0) is 23.8 Å². The van der Waals surface area contributed by atoms with Crippen LogP contribution in [-0.2, 0) is 13.5 Å². The molecule has 3 heteroatoms. The zero-order valence-corrected chi connectivity index (χ0v) is 12.0. The van der Waals surface area contributed by atoms with Crippen molar-refractivity contribution in [2.75, 3.05) is 6.54 Å². The first-order chi connectivity index (χ1) is 7.95. The summed E-state index contributed by atoms with van der Waals surface area (Å²) in [5.41, 5.74) is 1.68. The van der Waals surface area contributed by atoms with Crippen LogP contribution in [0.25, 0.3) is 0 Å². The second-order valence-electron chi connectivity index (χ2n) is 5.80. The van der Waals surface area contributed by atoms with Gasteiger partial charge in [0.15, 0.2) is 0 Å². The van der Waals surface area contributed by atoms with E-state index >= 15 is 0 Å². The van der Waals surface area contributed by atoms with Crippen LogP contribution in [0.1, 0.15) is 46.1 Å². The number of aromatic nitrogens is 2. The molecule has 1 atom stereocenters. The van der Waals surface area contributed by atoms with Crippen LogP contribution >= 0.6 is 0 Å². The van der Waals surface area contributed by atoms with Crippen LogP contribution in [0.3, 0.4) is 0 Å². The van der Waals surface area contributed by atoms with Gasteiger partial charge >= 0.3 is 0 Å². The van der Waals surface area contributed by atoms with Crippen molar-refractivity contribution in [1.82, 2.24) is 15.1 Å². The monoisotopic (exact) mass is 237 g/mol. The summed E-state index contributed by atoms with van der Waals surface area (Å²) in [5.74, 6) is 0. The standard InChI is InChI=1S/C14H27N3/c1-6-7-14(4,11-15-12(2)3)8-13-9-16-17(5)10-13/h9-10,12,15H,6-8,11H2,1-5H3. The Morgan fingerprint density at radius 3 is 2.65 bits per heavy atom. The molecule has 1 rings (SSSR count). The fourth-order valence-electron chi connectivity index (χ4n) is 2.35. The molecule has 0 aromatic carbocycles. The highest BCUT2D eigenvalue weighted by molar-refractivity contribution is 5.07. The summed E-state index contributed by atoms with van der Waals surface area (Å²) in [6, 6.07) is 0.556. The molecular formula is C14H27N3. The Balaban J connectivity index is 2.63. The molecule has 0 amide bonds. The fourth-order valence-corrected chi connectivity index (χ4v) is 2.35. The summed E-state index contributed by atoms with van der Waals surface area (Å²) in [5, 5.41) is 7.82. The van der Waals surface area contributed by atoms with Crippen molar-refractivity contribution in [1.29, 1.82) is 0 Å². The van der Waals surface area contributed by atoms with E-state index in [2.05, 4.69) is 44.3 Å². The van der Waals surface area contributed by atoms with E-state index in [4.69, 9.17) is 0 Å². The second kappa shape index (κ2) is 6.20. The number of rotatable bonds is 7. The zero-order valence-electron chi connectivity index (χ0n) is 12.0. The number of hydrogen-bond donors (Lipinski definition) is 1. The van der Waals surface area contributed by atoms with Gasteiger partial charge in [-0.1, -0.05) is 34.1 Å². The summed E-state index contributed by atoms with van der Waals surface area (Å²) in [6.07, 6.45) is 7.71. The maximum atomic E-state index is 4.25. The molecule has 1 aromatic heterocycles. The third-order valence-corrected chi connectivity index (χ3v) is 3.18. The molecule has 98 valence electrons. The van der Waals surface area contributed by atoms with E-state index in [9.17, 15) is 0 Å². The van der Waals surface area contributed by atoms with Gasteiger partial charge in [0.2, 0.25) is 0 Å². The van der Waals surface area contributed by atoms with Gasteiger partial charge in [-0.2, -0.15) is 5.10 Å². The Hall–Kier alpha value is -0.830. The van der Waals surface area contributed by atoms with Crippen molar-refractivity contribution in [2.45, 2.75) is 53.0 Å². The van der Waals surface area contributed by atoms with Crippen molar-refractivity contribution < 1.29 is 0 Å². The fraction of sp³-hybridized carbons (Fsp3) is 0.786. The normalized spacial score (nSPS) is 15.2. The molecule has 17 heavy (non-hydrogen) atoms. The Kier molecular flexibility index (Phi) is 5.19. The van der Waals surface area contributed by atoms with Crippen molar-refractivity contribution in [3.05, 3.63) is 18.0 Å². The molecule has 0 saturated carbocycles. The molecule has 1 unspecified atom stereocenters. The van der Waals surface area contributed by atoms with E-state index in [1.165, 1.54) is 18.4 Å². The van der Waals surface area contributed by atoms with Crippen LogP contribution in [0.2, 0.25) is 0 Å². The molecule has 1 aromatic rings. The first-order valence-corrected chi connectivity index (χ1v) is 6.66. The van der Waals surface area contributed by atoms with Gasteiger partial charge in [0, 0.05) is 25.8 Å². The van der Waals surface area contributed by atoms with Crippen LogP contribution in [0.15, 0.2) is 12.4 Å². The smallest absolute Gasteiger partial charge is 0.0521 e. The average Bonchev–Trinajstić information content (AvgIpc) is 2.61. The van der Waals surface area contributed by atoms with Gasteiger partial charge in [0.05, 0.1) is 6.20 Å². The molecule has 3 nitrogen and oxygen atoms in total. The van der Waals surface area contributed by atoms with Crippen molar-refractivity contribution in [3.63, 3.8) is 0 Å². The molecule has 0 radical (unpaired) electrons. The summed E-state index contributed by atoms with van der Waals surface area (Å²) in [4.78, 5) is 0. The number of aryl methyl sites for hydroxylation is 1. The van der Waals surface area contributed by atoms with Gasteiger partial charge in [0.1, 0.15) is 0 Å². The van der Waals surface area contributed by atoms with Crippen LogP contribution in [0.4, 0.5) is 0 Å². The molecule has 0 saturated heterocycles. The largest absolute Gasteiger partial charge is 0.314 e. The van der Waals surface area contributed by atoms with E-state index in [0.717, 1.165) is 13.0 Å². The molecule has 1 heterocycles. The zero-order chi connectivity index (χ0) is 12.9. The van der Waals surface area contributed by atoms with E-state index in [0.29, 0.717) is 11.5 Å². The minimum Gasteiger partial charge on any atom is -0.314 e. The molecular weight excluding hydrogens is 210 g/mol. The van der Waals surface area contributed by atoms with Crippen molar-refractivity contribution >= 4 is 0 Å². The van der Waals surface area contributed by atoms with E-state index in [1.807, 2.05) is 17.9 Å². The van der Waals surface area contributed by atoms with Gasteiger partial charge in [-0.15, -0.1) is 0 Å². The molecule has 0 aliphatic carbocycles. The highest BCUT2D eigenvalue weighted by Gasteiger charge is 2.24. The number of nitrogens with zero attached hydrogens (tertiary/aromatic N) is 2. The lowest BCUT2D eigenvalue weighted by molar-refractivity contribution is 0.267. The van der Waals surface area contributed by atoms with Crippen LogP contribution in [0, 0.1) is 5.41 Å². The predicted octanol–water partition coefficient (Wildman–Crippen LogP) is 2.77. The quantitative estimate of drug-likeness (QED) is 0.790. The van der Waals surface area contributed by atoms with Crippen LogP contribution in [-0.4, -0.2) is 22.4 Å². The molecule has 0 fully saturated rings. The van der Waals surface area contributed by atoms with Gasteiger partial charge < -0.3 is 5.32 Å². The third kappa shape index (κ3) is 4.90. The number of hydrogen-bond acceptors (Lipinski definition) is 2. The highest BCUT2D eigenvalue weighted by atomic mass is 15.2. The molecule has 0 spiro atoms. The first kappa shape index (κ1) is 14.2. The lowest BCUT2D eigenvalue weighted by Gasteiger charge is -2.30. The maximum Gasteiger partial charge on any atom is 0.0521 e. The Labute approximate surface area is 106 Å². The van der Waals surface area contributed by atoms with Gasteiger partial charge in [-0.25, -0.2) is 0 Å². The predicted molar refractivity (Wildman–Crippen MR) is 73.1 cm³/mol. The summed E-state index contributed by atoms with van der Waals surface area (Å²) in [6.45, 7) is 10.1. The van der Waals surface area contributed by atoms with Crippen LogP contribution in [0.5, 0.6) is 0 Å². The lowest BCUT2D eigenvalue weighted by atomic mass is 9.80. The first-order valence-electron chi connectivity index (χ1n) is 6.66. The number of nitrogens with one attached hydrogen (secondary N) is 1. The summed E-state index contributed by atoms with van der Waals surface area (Å²) in [7, 11) is 1.98. The van der Waals surface area contributed by atoms with Gasteiger partial charge in [0.25, 0.3) is 0 Å². The Morgan fingerprint density at radius 2 is 2.18 bits per heavy atom. The molecule has 1 N–H and O–H groups in total. The van der Waals surface area contributed by atoms with Crippen molar-refractivity contribution in [3.8, 4) is 0 Å². The Bertz CT molecular complexity index is 330. The van der Waals surface area contributed by atoms with E-state index < -0.39 is 0 Å². The third-order valence-electron chi connectivity index (χ3n) is 3.18. The summed E-state index contributed by atoms with van der Waals surface area (Å²) >= 11 is 0. The van der Waals surface area contributed by atoms with Crippen LogP contribution < -0.4 is 5.32 Å². The Morgan fingerprint density at radius 1 is 1.47 bits per heavy atom. The van der Waals surface area contributed by atoms with E-state index in [-0.39, 0.29) is 0 Å². The molecule has 0 aliphatic heterocycles. The molecule has 0 bridgehead atoms. The average molecular weight is 237 g/mol. The van der Waals surface area contributed by atoms with Gasteiger partial charge in [-0.3, -0.25) is 4.68 Å². The second-order valence-corrected chi connectivity index (χ2v) is 5.80. The SMILES string of the molecule is CCCC(C)(CNC(C)C)Cc1cnn(C)c1. The topological polar surface area (TPSA) is 29.9 Å². The van der Waals surface area contributed by atoms with Crippen molar-refractivity contribution in [2.24, 2.45) is 12.5 Å². The minimum atomic E-state index is 0.335.